The summed E-state index contributed by atoms with van der Waals surface area (Å²) in [6.45, 7) is 2.00. The summed E-state index contributed by atoms with van der Waals surface area (Å²) in [6.07, 6.45) is 1.73. The van der Waals surface area contributed by atoms with Gasteiger partial charge in [0.25, 0.3) is 0 Å². The van der Waals surface area contributed by atoms with Crippen molar-refractivity contribution in [1.82, 2.24) is 15.0 Å². The van der Waals surface area contributed by atoms with Crippen LogP contribution in [0.15, 0.2) is 30.5 Å². The normalized spacial score (nSPS) is 11.0. The van der Waals surface area contributed by atoms with Crippen LogP contribution in [0.2, 0.25) is 5.02 Å². The smallest absolute Gasteiger partial charge is 0.178 e. The second kappa shape index (κ2) is 3.99. The van der Waals surface area contributed by atoms with Gasteiger partial charge in [-0.2, -0.15) is 0 Å². The molecule has 0 spiro atoms. The van der Waals surface area contributed by atoms with Crippen LogP contribution in [0.4, 0.5) is 0 Å². The second-order valence-electron chi connectivity index (χ2n) is 4.08. The van der Waals surface area contributed by atoms with Crippen molar-refractivity contribution >= 4 is 22.8 Å². The highest BCUT2D eigenvalue weighted by Gasteiger charge is 2.09. The standard InChI is InChI=1S/C13H10ClN3O/c1-7-4-5-15-13-11(7)16-12(17-13)8-2-3-10(18)9(14)6-8/h2-6,18H,1H3,(H,15,16,17). The molecular formula is C13H10ClN3O. The summed E-state index contributed by atoms with van der Waals surface area (Å²) in [5.41, 5.74) is 3.49. The minimum atomic E-state index is 0.0610. The van der Waals surface area contributed by atoms with Gasteiger partial charge in [0.05, 0.1) is 10.5 Å². The maximum absolute atomic E-state index is 9.40. The Morgan fingerprint density at radius 3 is 2.83 bits per heavy atom. The molecule has 3 aromatic rings. The first kappa shape index (κ1) is 11.0. The number of fused-ring (bicyclic) bond motifs is 1. The maximum Gasteiger partial charge on any atom is 0.178 e. The number of halogens is 1. The molecule has 0 radical (unpaired) electrons. The van der Waals surface area contributed by atoms with Crippen molar-refractivity contribution in [1.29, 1.82) is 0 Å². The van der Waals surface area contributed by atoms with Gasteiger partial charge in [0.2, 0.25) is 0 Å². The molecule has 0 atom stereocenters. The molecule has 90 valence electrons. The Labute approximate surface area is 108 Å². The summed E-state index contributed by atoms with van der Waals surface area (Å²) < 4.78 is 0. The number of benzene rings is 1. The van der Waals surface area contributed by atoms with Crippen molar-refractivity contribution in [3.63, 3.8) is 0 Å². The van der Waals surface area contributed by atoms with Crippen molar-refractivity contribution in [3.8, 4) is 17.1 Å². The van der Waals surface area contributed by atoms with Crippen LogP contribution in [0.1, 0.15) is 5.56 Å². The molecule has 4 nitrogen and oxygen atoms in total. The summed E-state index contributed by atoms with van der Waals surface area (Å²) in [6, 6.07) is 6.90. The third-order valence-electron chi connectivity index (χ3n) is 2.82. The van der Waals surface area contributed by atoms with E-state index in [2.05, 4.69) is 15.0 Å². The van der Waals surface area contributed by atoms with Gasteiger partial charge in [-0.05, 0) is 36.8 Å². The second-order valence-corrected chi connectivity index (χ2v) is 4.49. The van der Waals surface area contributed by atoms with Crippen LogP contribution in [-0.4, -0.2) is 20.1 Å². The Hall–Kier alpha value is -2.07. The highest BCUT2D eigenvalue weighted by molar-refractivity contribution is 6.32. The number of aromatic hydroxyl groups is 1. The van der Waals surface area contributed by atoms with E-state index in [4.69, 9.17) is 11.6 Å². The fraction of sp³-hybridized carbons (Fsp3) is 0.0769. The third kappa shape index (κ3) is 1.71. The largest absolute Gasteiger partial charge is 0.506 e. The zero-order valence-electron chi connectivity index (χ0n) is 9.61. The molecule has 0 amide bonds. The fourth-order valence-corrected chi connectivity index (χ4v) is 2.01. The van der Waals surface area contributed by atoms with Gasteiger partial charge in [0.1, 0.15) is 11.6 Å². The summed E-state index contributed by atoms with van der Waals surface area (Å²) in [7, 11) is 0. The molecule has 18 heavy (non-hydrogen) atoms. The van der Waals surface area contributed by atoms with E-state index in [1.807, 2.05) is 13.0 Å². The van der Waals surface area contributed by atoms with Crippen LogP contribution in [0.25, 0.3) is 22.6 Å². The van der Waals surface area contributed by atoms with E-state index >= 15 is 0 Å². The van der Waals surface area contributed by atoms with Crippen molar-refractivity contribution in [2.24, 2.45) is 0 Å². The van der Waals surface area contributed by atoms with Crippen molar-refractivity contribution in [2.45, 2.75) is 6.92 Å². The molecule has 0 bridgehead atoms. The van der Waals surface area contributed by atoms with Crippen LogP contribution < -0.4 is 0 Å². The van der Waals surface area contributed by atoms with Gasteiger partial charge in [-0.3, -0.25) is 0 Å². The van der Waals surface area contributed by atoms with Gasteiger partial charge < -0.3 is 10.1 Å². The van der Waals surface area contributed by atoms with E-state index in [-0.39, 0.29) is 5.75 Å². The number of nitrogens with one attached hydrogen (secondary N) is 1. The number of aryl methyl sites for hydroxylation is 1. The van der Waals surface area contributed by atoms with Gasteiger partial charge >= 0.3 is 0 Å². The molecule has 0 saturated heterocycles. The van der Waals surface area contributed by atoms with Crippen LogP contribution >= 0.6 is 11.6 Å². The van der Waals surface area contributed by atoms with Gasteiger partial charge in [0.15, 0.2) is 5.65 Å². The van der Waals surface area contributed by atoms with E-state index in [9.17, 15) is 5.11 Å². The van der Waals surface area contributed by atoms with Gasteiger partial charge in [-0.25, -0.2) is 9.97 Å². The molecule has 3 rings (SSSR count). The summed E-state index contributed by atoms with van der Waals surface area (Å²) in [5.74, 6) is 0.750. The van der Waals surface area contributed by atoms with Gasteiger partial charge in [-0.1, -0.05) is 11.6 Å². The van der Waals surface area contributed by atoms with Crippen molar-refractivity contribution in [2.75, 3.05) is 0 Å². The SMILES string of the molecule is Cc1ccnc2nc(-c3ccc(O)c(Cl)c3)[nH]c12. The quantitative estimate of drug-likeness (QED) is 0.705. The van der Waals surface area contributed by atoms with E-state index < -0.39 is 0 Å². The Morgan fingerprint density at radius 1 is 1.28 bits per heavy atom. The van der Waals surface area contributed by atoms with Crippen molar-refractivity contribution < 1.29 is 5.11 Å². The Bertz CT molecular complexity index is 736. The molecule has 2 N–H and O–H groups in total. The average molecular weight is 260 g/mol. The monoisotopic (exact) mass is 259 g/mol. The number of phenolic OH excluding ortho intramolecular Hbond substituents is 1. The van der Waals surface area contributed by atoms with Crippen molar-refractivity contribution in [3.05, 3.63) is 41.0 Å². The third-order valence-corrected chi connectivity index (χ3v) is 3.12. The lowest BCUT2D eigenvalue weighted by Gasteiger charge is -1.99. The predicted octanol–water partition coefficient (Wildman–Crippen LogP) is 3.29. The molecule has 0 unspecified atom stereocenters. The molecule has 2 heterocycles. The Balaban J connectivity index is 2.19. The summed E-state index contributed by atoms with van der Waals surface area (Å²) in [4.78, 5) is 11.8. The minimum Gasteiger partial charge on any atom is -0.506 e. The molecule has 0 fully saturated rings. The van der Waals surface area contributed by atoms with Crippen LogP contribution in [-0.2, 0) is 0 Å². The molecule has 5 heteroatoms. The Kier molecular flexibility index (Phi) is 2.45. The highest BCUT2D eigenvalue weighted by atomic mass is 35.5. The van der Waals surface area contributed by atoms with Gasteiger partial charge in [0, 0.05) is 11.8 Å². The number of phenols is 1. The lowest BCUT2D eigenvalue weighted by atomic mass is 10.2. The van der Waals surface area contributed by atoms with E-state index in [0.717, 1.165) is 16.6 Å². The lowest BCUT2D eigenvalue weighted by Crippen LogP contribution is -1.80. The summed E-state index contributed by atoms with van der Waals surface area (Å²) in [5, 5.41) is 9.70. The minimum absolute atomic E-state index is 0.0610. The molecular weight excluding hydrogens is 250 g/mol. The number of pyridine rings is 1. The predicted molar refractivity (Wildman–Crippen MR) is 70.7 cm³/mol. The number of hydrogen-bond donors (Lipinski definition) is 2. The van der Waals surface area contributed by atoms with E-state index in [0.29, 0.717) is 16.5 Å². The number of imidazole rings is 1. The molecule has 0 saturated carbocycles. The van der Waals surface area contributed by atoms with Crippen LogP contribution in [0, 0.1) is 6.92 Å². The van der Waals surface area contributed by atoms with Gasteiger partial charge in [-0.15, -0.1) is 0 Å². The number of H-pyrrole nitrogens is 1. The number of nitrogens with zero attached hydrogens (tertiary/aromatic N) is 2. The average Bonchev–Trinajstić information content (AvgIpc) is 2.78. The molecule has 0 aliphatic carbocycles. The molecule has 2 aromatic heterocycles. The topological polar surface area (TPSA) is 61.8 Å². The Morgan fingerprint density at radius 2 is 2.11 bits per heavy atom. The fourth-order valence-electron chi connectivity index (χ4n) is 1.83. The summed E-state index contributed by atoms with van der Waals surface area (Å²) >= 11 is 5.89. The molecule has 0 aliphatic rings. The number of aromatic amines is 1. The zero-order valence-corrected chi connectivity index (χ0v) is 10.4. The first-order valence-electron chi connectivity index (χ1n) is 5.45. The molecule has 0 aliphatic heterocycles. The highest BCUT2D eigenvalue weighted by Crippen LogP contribution is 2.29. The number of hydrogen-bond acceptors (Lipinski definition) is 3. The molecule has 1 aromatic carbocycles. The lowest BCUT2D eigenvalue weighted by molar-refractivity contribution is 0.475. The van der Waals surface area contributed by atoms with E-state index in [1.54, 1.807) is 24.4 Å². The number of aromatic nitrogens is 3. The zero-order chi connectivity index (χ0) is 12.7. The first-order valence-corrected chi connectivity index (χ1v) is 5.83. The first-order chi connectivity index (χ1) is 8.65. The maximum atomic E-state index is 9.40. The van der Waals surface area contributed by atoms with Crippen LogP contribution in [0.3, 0.4) is 0 Å². The van der Waals surface area contributed by atoms with Crippen LogP contribution in [0.5, 0.6) is 5.75 Å². The van der Waals surface area contributed by atoms with E-state index in [1.165, 1.54) is 0 Å². The number of rotatable bonds is 1.